The molecule has 0 fully saturated rings. The van der Waals surface area contributed by atoms with Crippen molar-refractivity contribution >= 4 is 10.1 Å². The molecule has 0 aliphatic rings. The van der Waals surface area contributed by atoms with E-state index in [1.807, 2.05) is 0 Å². The molecule has 5 nitrogen and oxygen atoms in total. The zero-order valence-corrected chi connectivity index (χ0v) is 5.43. The van der Waals surface area contributed by atoms with Gasteiger partial charge in [-0.3, -0.25) is 4.55 Å². The van der Waals surface area contributed by atoms with Crippen LogP contribution in [-0.2, 0) is 10.1 Å². The SMILES string of the molecule is NC/C=C/S(=O)(=O)O.O. The second-order valence-electron chi connectivity index (χ2n) is 1.12. The van der Waals surface area contributed by atoms with E-state index in [1.54, 1.807) is 0 Å². The van der Waals surface area contributed by atoms with Gasteiger partial charge in [0.1, 0.15) is 0 Å². The van der Waals surface area contributed by atoms with Crippen molar-refractivity contribution in [2.75, 3.05) is 6.54 Å². The Morgan fingerprint density at radius 2 is 2.00 bits per heavy atom. The van der Waals surface area contributed by atoms with Gasteiger partial charge in [0.05, 0.1) is 5.41 Å². The van der Waals surface area contributed by atoms with Gasteiger partial charge in [0.15, 0.2) is 0 Å². The summed E-state index contributed by atoms with van der Waals surface area (Å²) in [5.41, 5.74) is 4.87. The third kappa shape index (κ3) is 11.2. The summed E-state index contributed by atoms with van der Waals surface area (Å²) < 4.78 is 27.6. The molecule has 0 aliphatic heterocycles. The fourth-order valence-corrected chi connectivity index (χ4v) is 0.531. The molecule has 0 spiro atoms. The maximum absolute atomic E-state index is 9.80. The first kappa shape index (κ1) is 11.4. The van der Waals surface area contributed by atoms with Crippen LogP contribution in [0.4, 0.5) is 0 Å². The largest absolute Gasteiger partial charge is 0.412 e. The summed E-state index contributed by atoms with van der Waals surface area (Å²) in [6, 6.07) is 0. The Balaban J connectivity index is 0. The van der Waals surface area contributed by atoms with E-state index < -0.39 is 10.1 Å². The Morgan fingerprint density at radius 3 is 2.11 bits per heavy atom. The average Bonchev–Trinajstić information content (AvgIpc) is 1.59. The third-order valence-corrected chi connectivity index (χ3v) is 0.941. The van der Waals surface area contributed by atoms with E-state index in [0.29, 0.717) is 5.41 Å². The molecule has 0 bridgehead atoms. The van der Waals surface area contributed by atoms with Gasteiger partial charge in [-0.05, 0) is 0 Å². The molecule has 0 heterocycles. The van der Waals surface area contributed by atoms with Crippen molar-refractivity contribution in [1.82, 2.24) is 0 Å². The highest BCUT2D eigenvalue weighted by Gasteiger charge is 1.91. The van der Waals surface area contributed by atoms with Crippen molar-refractivity contribution < 1.29 is 18.4 Å². The Labute approximate surface area is 53.2 Å². The lowest BCUT2D eigenvalue weighted by molar-refractivity contribution is 0.494. The summed E-state index contributed by atoms with van der Waals surface area (Å²) in [4.78, 5) is 0. The highest BCUT2D eigenvalue weighted by molar-refractivity contribution is 7.88. The Kier molecular flexibility index (Phi) is 5.62. The van der Waals surface area contributed by atoms with Crippen molar-refractivity contribution in [3.63, 3.8) is 0 Å². The van der Waals surface area contributed by atoms with Gasteiger partial charge in [-0.1, -0.05) is 6.08 Å². The van der Waals surface area contributed by atoms with Crippen molar-refractivity contribution in [2.45, 2.75) is 0 Å². The maximum atomic E-state index is 9.80. The molecular formula is C3H9NO4S. The molecule has 0 saturated heterocycles. The molecular weight excluding hydrogens is 146 g/mol. The summed E-state index contributed by atoms with van der Waals surface area (Å²) >= 11 is 0. The minimum Gasteiger partial charge on any atom is -0.412 e. The van der Waals surface area contributed by atoms with E-state index in [4.69, 9.17) is 10.3 Å². The molecule has 56 valence electrons. The molecule has 0 rings (SSSR count). The summed E-state index contributed by atoms with van der Waals surface area (Å²) in [5, 5.41) is 0.646. The monoisotopic (exact) mass is 155 g/mol. The lowest BCUT2D eigenvalue weighted by Gasteiger charge is -1.79. The van der Waals surface area contributed by atoms with Crippen LogP contribution < -0.4 is 5.73 Å². The van der Waals surface area contributed by atoms with Crippen LogP contribution in [0.5, 0.6) is 0 Å². The smallest absolute Gasteiger partial charge is 0.287 e. The van der Waals surface area contributed by atoms with Crippen molar-refractivity contribution in [2.24, 2.45) is 5.73 Å². The van der Waals surface area contributed by atoms with Gasteiger partial charge < -0.3 is 11.2 Å². The van der Waals surface area contributed by atoms with Crippen molar-refractivity contribution in [3.8, 4) is 0 Å². The molecule has 0 atom stereocenters. The Bertz CT molecular complexity index is 170. The molecule has 0 aliphatic carbocycles. The molecule has 0 radical (unpaired) electrons. The lowest BCUT2D eigenvalue weighted by atomic mass is 10.7. The maximum Gasteiger partial charge on any atom is 0.287 e. The first-order chi connectivity index (χ1) is 3.56. The van der Waals surface area contributed by atoms with Gasteiger partial charge in [-0.2, -0.15) is 8.42 Å². The van der Waals surface area contributed by atoms with Gasteiger partial charge in [0.2, 0.25) is 0 Å². The minimum absolute atomic E-state index is 0. The number of hydrogen-bond acceptors (Lipinski definition) is 3. The second kappa shape index (κ2) is 4.45. The summed E-state index contributed by atoms with van der Waals surface area (Å²) in [6.07, 6.45) is 1.15. The topological polar surface area (TPSA) is 112 Å². The van der Waals surface area contributed by atoms with Crippen LogP contribution in [0, 0.1) is 0 Å². The fourth-order valence-electron chi connectivity index (χ4n) is 0.177. The summed E-state index contributed by atoms with van der Waals surface area (Å²) in [7, 11) is -3.95. The van der Waals surface area contributed by atoms with Crippen LogP contribution in [0.3, 0.4) is 0 Å². The molecule has 9 heavy (non-hydrogen) atoms. The summed E-state index contributed by atoms with van der Waals surface area (Å²) in [5.74, 6) is 0. The van der Waals surface area contributed by atoms with Gasteiger partial charge in [0.25, 0.3) is 10.1 Å². The normalized spacial score (nSPS) is 11.3. The second-order valence-corrected chi connectivity index (χ2v) is 2.42. The van der Waals surface area contributed by atoms with Crippen LogP contribution in [0.25, 0.3) is 0 Å². The lowest BCUT2D eigenvalue weighted by Crippen LogP contribution is -1.96. The van der Waals surface area contributed by atoms with E-state index in [1.165, 1.54) is 0 Å². The Hall–Kier alpha value is -0.430. The molecule has 0 saturated carbocycles. The molecule has 0 aromatic heterocycles. The molecule has 0 unspecified atom stereocenters. The van der Waals surface area contributed by atoms with Crippen molar-refractivity contribution in [3.05, 3.63) is 11.5 Å². The zero-order valence-electron chi connectivity index (χ0n) is 4.61. The third-order valence-electron chi connectivity index (χ3n) is 0.404. The highest BCUT2D eigenvalue weighted by Crippen LogP contribution is 1.80. The molecule has 6 heteroatoms. The molecule has 0 amide bonds. The van der Waals surface area contributed by atoms with E-state index in [2.05, 4.69) is 0 Å². The fraction of sp³-hybridized carbons (Fsp3) is 0.333. The molecule has 5 N–H and O–H groups in total. The van der Waals surface area contributed by atoms with E-state index >= 15 is 0 Å². The predicted octanol–water partition coefficient (Wildman–Crippen LogP) is -1.48. The van der Waals surface area contributed by atoms with Crippen LogP contribution in [0.2, 0.25) is 0 Å². The van der Waals surface area contributed by atoms with Gasteiger partial charge in [0, 0.05) is 6.54 Å². The van der Waals surface area contributed by atoms with Crippen LogP contribution in [0.1, 0.15) is 0 Å². The zero-order chi connectivity index (χ0) is 6.62. The van der Waals surface area contributed by atoms with Crippen LogP contribution in [0.15, 0.2) is 11.5 Å². The number of hydrogen-bond donors (Lipinski definition) is 2. The van der Waals surface area contributed by atoms with E-state index in [9.17, 15) is 8.42 Å². The summed E-state index contributed by atoms with van der Waals surface area (Å²) in [6.45, 7) is 0.111. The quantitative estimate of drug-likeness (QED) is 0.473. The van der Waals surface area contributed by atoms with E-state index in [0.717, 1.165) is 6.08 Å². The van der Waals surface area contributed by atoms with Gasteiger partial charge in [-0.25, -0.2) is 0 Å². The van der Waals surface area contributed by atoms with Crippen LogP contribution >= 0.6 is 0 Å². The van der Waals surface area contributed by atoms with E-state index in [-0.39, 0.29) is 12.0 Å². The minimum atomic E-state index is -3.95. The first-order valence-corrected chi connectivity index (χ1v) is 3.40. The number of nitrogens with two attached hydrogens (primary N) is 1. The predicted molar refractivity (Wildman–Crippen MR) is 33.4 cm³/mol. The van der Waals surface area contributed by atoms with Crippen LogP contribution in [-0.4, -0.2) is 25.0 Å². The average molecular weight is 155 g/mol. The molecule has 0 aromatic carbocycles. The standard InChI is InChI=1S/C3H7NO3S.H2O/c4-2-1-3-8(5,6)7;/h1,3H,2,4H2,(H,5,6,7);1H2/b3-1+;. The van der Waals surface area contributed by atoms with Gasteiger partial charge in [-0.15, -0.1) is 0 Å². The molecule has 0 aromatic rings. The Morgan fingerprint density at radius 1 is 1.56 bits per heavy atom. The highest BCUT2D eigenvalue weighted by atomic mass is 32.2. The van der Waals surface area contributed by atoms with Gasteiger partial charge >= 0.3 is 0 Å². The number of rotatable bonds is 2. The first-order valence-electron chi connectivity index (χ1n) is 1.90. The van der Waals surface area contributed by atoms with Crippen molar-refractivity contribution in [1.29, 1.82) is 0 Å².